The van der Waals surface area contributed by atoms with E-state index in [-0.39, 0.29) is 48.4 Å². The van der Waals surface area contributed by atoms with E-state index >= 15 is 0 Å². The van der Waals surface area contributed by atoms with E-state index in [4.69, 9.17) is 0 Å². The van der Waals surface area contributed by atoms with Crippen molar-refractivity contribution in [1.82, 2.24) is 0 Å². The van der Waals surface area contributed by atoms with E-state index in [0.29, 0.717) is 0 Å². The van der Waals surface area contributed by atoms with Crippen LogP contribution in [0.15, 0.2) is 0 Å². The van der Waals surface area contributed by atoms with Crippen molar-refractivity contribution in [2.75, 3.05) is 0 Å². The number of hydrogen-bond acceptors (Lipinski definition) is 8. The SMILES string of the molecule is O=S(=O)([N-]S(=O)(=O)C(F)(F)F)C(F)(F)F.O=S(=O)([N-]S(=O)(=O)C(F)(F)F)C(F)(F)F.[Li+].[Na+]. The molecule has 0 saturated carbocycles. The molecule has 0 unspecified atom stereocenters. The van der Waals surface area contributed by atoms with Gasteiger partial charge in [-0.15, -0.1) is 0 Å². The van der Waals surface area contributed by atoms with E-state index in [9.17, 15) is 86.4 Å². The van der Waals surface area contributed by atoms with Crippen molar-refractivity contribution in [2.45, 2.75) is 22.0 Å². The van der Waals surface area contributed by atoms with Gasteiger partial charge in [-0.05, 0) is 0 Å². The van der Waals surface area contributed by atoms with Crippen LogP contribution in [0, 0.1) is 0 Å². The Morgan fingerprint density at radius 1 is 0.375 bits per heavy atom. The molecule has 0 aliphatic heterocycles. The Labute approximate surface area is 204 Å². The van der Waals surface area contributed by atoms with Crippen molar-refractivity contribution >= 4 is 40.1 Å². The number of rotatable bonds is 4. The molecule has 0 aromatic heterocycles. The molecule has 184 valence electrons. The van der Waals surface area contributed by atoms with Crippen LogP contribution >= 0.6 is 0 Å². The molecule has 0 radical (unpaired) electrons. The van der Waals surface area contributed by atoms with Gasteiger partial charge in [0, 0.05) is 0 Å². The molecule has 0 heterocycles. The minimum atomic E-state index is -6.72. The first-order valence-electron chi connectivity index (χ1n) is 5.15. The van der Waals surface area contributed by atoms with Crippen molar-refractivity contribution in [3.05, 3.63) is 8.25 Å². The molecule has 0 aliphatic carbocycles. The van der Waals surface area contributed by atoms with E-state index in [1.807, 2.05) is 0 Å². The van der Waals surface area contributed by atoms with Crippen LogP contribution in [0.3, 0.4) is 0 Å². The molecule has 10 nitrogen and oxygen atoms in total. The zero-order valence-corrected chi connectivity index (χ0v) is 19.6. The second-order valence-corrected chi connectivity index (χ2v) is 10.7. The molecule has 0 atom stereocenters. The second kappa shape index (κ2) is 11.5. The molecule has 0 aromatic carbocycles. The first kappa shape index (κ1) is 39.7. The van der Waals surface area contributed by atoms with Gasteiger partial charge in [-0.2, -0.15) is 52.7 Å². The fourth-order valence-electron chi connectivity index (χ4n) is 0.427. The van der Waals surface area contributed by atoms with Crippen LogP contribution < -0.4 is 48.4 Å². The number of sulfonamides is 4. The van der Waals surface area contributed by atoms with Crippen LogP contribution in [0.5, 0.6) is 0 Å². The Morgan fingerprint density at radius 2 is 0.469 bits per heavy atom. The summed E-state index contributed by atoms with van der Waals surface area (Å²) in [7, 11) is -26.9. The average Bonchev–Trinajstić information content (AvgIpc) is 2.30. The monoisotopic (exact) mass is 590 g/mol. The standard InChI is InChI=1S/2C2F6NO4S2.Li.Na/c2*3-1(4,5)14(10,11)9-15(12,13)2(6,7)8;;/q2*-1;2*+1. The molecule has 0 saturated heterocycles. The summed E-state index contributed by atoms with van der Waals surface area (Å²) < 4.78 is 218. The average molecular weight is 590 g/mol. The first-order valence-corrected chi connectivity index (χ1v) is 10.9. The summed E-state index contributed by atoms with van der Waals surface area (Å²) >= 11 is 0. The molecule has 0 fully saturated rings. The predicted octanol–water partition coefficient (Wildman–Crippen LogP) is -3.87. The van der Waals surface area contributed by atoms with Crippen LogP contribution in [0.25, 0.3) is 8.25 Å². The predicted molar refractivity (Wildman–Crippen MR) is 66.6 cm³/mol. The van der Waals surface area contributed by atoms with E-state index in [0.717, 1.165) is 8.25 Å². The fourth-order valence-corrected chi connectivity index (χ4v) is 3.85. The molecule has 28 heteroatoms. The van der Waals surface area contributed by atoms with Gasteiger partial charge in [0.25, 0.3) is 0 Å². The van der Waals surface area contributed by atoms with Gasteiger partial charge in [-0.3, -0.25) is 0 Å². The first-order chi connectivity index (χ1) is 12.4. The Kier molecular flexibility index (Phi) is 14.2. The summed E-state index contributed by atoms with van der Waals surface area (Å²) in [6.07, 6.45) is 0. The molecule has 0 rings (SSSR count). The third-order valence-corrected chi connectivity index (χ3v) is 7.04. The van der Waals surface area contributed by atoms with E-state index in [1.54, 1.807) is 0 Å². The van der Waals surface area contributed by atoms with Gasteiger partial charge >= 0.3 is 70.5 Å². The van der Waals surface area contributed by atoms with Gasteiger partial charge in [-0.1, -0.05) is 0 Å². The summed E-state index contributed by atoms with van der Waals surface area (Å²) in [6.45, 7) is 0. The molecule has 0 bridgehead atoms. The quantitative estimate of drug-likeness (QED) is 0.237. The van der Waals surface area contributed by atoms with Gasteiger partial charge in [-0.25, -0.2) is 33.7 Å². The van der Waals surface area contributed by atoms with Crippen LogP contribution in [-0.4, -0.2) is 55.7 Å². The molecule has 0 amide bonds. The molecule has 0 aliphatic rings. The van der Waals surface area contributed by atoms with Crippen molar-refractivity contribution in [2.24, 2.45) is 0 Å². The van der Waals surface area contributed by atoms with Gasteiger partial charge in [0.1, 0.15) is 0 Å². The maximum atomic E-state index is 11.4. The van der Waals surface area contributed by atoms with E-state index in [1.165, 1.54) is 0 Å². The number of nitrogens with zero attached hydrogens (tertiary/aromatic N) is 2. The third kappa shape index (κ3) is 11.3. The zero-order valence-electron chi connectivity index (χ0n) is 14.3. The van der Waals surface area contributed by atoms with Gasteiger partial charge in [0.15, 0.2) is 40.1 Å². The molecular weight excluding hydrogens is 590 g/mol. The maximum Gasteiger partial charge on any atom is 1.00 e. The van der Waals surface area contributed by atoms with Crippen LogP contribution in [0.2, 0.25) is 0 Å². The van der Waals surface area contributed by atoms with Crippen molar-refractivity contribution in [3.8, 4) is 0 Å². The zero-order chi connectivity index (χ0) is 25.4. The van der Waals surface area contributed by atoms with Crippen LogP contribution in [-0.2, 0) is 40.1 Å². The fraction of sp³-hybridized carbons (Fsp3) is 1.00. The Bertz CT molecular complexity index is 868. The normalized spacial score (nSPS) is 14.4. The molecule has 0 aromatic rings. The summed E-state index contributed by atoms with van der Waals surface area (Å²) in [6, 6.07) is 0. The van der Waals surface area contributed by atoms with E-state index < -0.39 is 62.1 Å². The Morgan fingerprint density at radius 3 is 0.531 bits per heavy atom. The molecule has 0 N–H and O–H groups in total. The minimum Gasteiger partial charge on any atom is -0.421 e. The number of halogens is 12. The summed E-state index contributed by atoms with van der Waals surface area (Å²) in [5.41, 5.74) is -24.8. The van der Waals surface area contributed by atoms with Crippen molar-refractivity contribution < 1.29 is 135 Å². The topological polar surface area (TPSA) is 165 Å². The maximum absolute atomic E-state index is 11.4. The molecular formula is C4F12LiN2NaO8S4. The number of alkyl halides is 12. The van der Waals surface area contributed by atoms with Gasteiger partial charge in [0.05, 0.1) is 0 Å². The van der Waals surface area contributed by atoms with Crippen molar-refractivity contribution in [3.63, 3.8) is 0 Å². The smallest absolute Gasteiger partial charge is 0.421 e. The molecule has 0 spiro atoms. The van der Waals surface area contributed by atoms with Crippen molar-refractivity contribution in [1.29, 1.82) is 0 Å². The minimum absolute atomic E-state index is 0. The Hall–Kier alpha value is 0.477. The van der Waals surface area contributed by atoms with E-state index in [2.05, 4.69) is 0 Å². The summed E-state index contributed by atoms with van der Waals surface area (Å²) in [4.78, 5) is 0. The second-order valence-electron chi connectivity index (χ2n) is 3.83. The van der Waals surface area contributed by atoms with Crippen LogP contribution in [0.4, 0.5) is 52.7 Å². The van der Waals surface area contributed by atoms with Gasteiger partial charge < -0.3 is 8.25 Å². The summed E-state index contributed by atoms with van der Waals surface area (Å²) in [5.74, 6) is 0. The largest absolute Gasteiger partial charge is 1.00 e. The summed E-state index contributed by atoms with van der Waals surface area (Å²) in [5, 5.41) is 0. The number of hydrogen-bond donors (Lipinski definition) is 0. The third-order valence-electron chi connectivity index (χ3n) is 1.56. The molecule has 32 heavy (non-hydrogen) atoms. The Balaban J connectivity index is -0.000000231. The van der Waals surface area contributed by atoms with Crippen LogP contribution in [0.1, 0.15) is 0 Å². The van der Waals surface area contributed by atoms with Gasteiger partial charge in [0.2, 0.25) is 0 Å².